The highest BCUT2D eigenvalue weighted by atomic mass is 16.2. The molecule has 0 fully saturated rings. The van der Waals surface area contributed by atoms with E-state index >= 15 is 0 Å². The Balaban J connectivity index is 1.30. The molecule has 198 valence electrons. The number of aryl methyl sites for hydroxylation is 1. The van der Waals surface area contributed by atoms with E-state index in [4.69, 9.17) is 0 Å². The molecule has 3 amide bonds. The van der Waals surface area contributed by atoms with Crippen LogP contribution >= 0.6 is 0 Å². The Morgan fingerprint density at radius 2 is 1.84 bits per heavy atom. The molecule has 0 spiro atoms. The van der Waals surface area contributed by atoms with E-state index in [1.54, 1.807) is 0 Å². The Morgan fingerprint density at radius 3 is 2.58 bits per heavy atom. The predicted octanol–water partition coefficient (Wildman–Crippen LogP) is 1.48. The summed E-state index contributed by atoms with van der Waals surface area (Å²) < 4.78 is 2.43. The number of rotatable bonds is 8. The van der Waals surface area contributed by atoms with Gasteiger partial charge in [-0.1, -0.05) is 19.9 Å². The number of imide groups is 1. The fourth-order valence-corrected chi connectivity index (χ4v) is 5.90. The van der Waals surface area contributed by atoms with Crippen LogP contribution < -0.4 is 25.4 Å². The van der Waals surface area contributed by atoms with E-state index in [-0.39, 0.29) is 36.2 Å². The Bertz CT molecular complexity index is 1450. The molecule has 0 radical (unpaired) electrons. The van der Waals surface area contributed by atoms with Crippen LogP contribution in [0.5, 0.6) is 0 Å². The fourth-order valence-electron chi connectivity index (χ4n) is 5.90. The molecule has 2 heterocycles. The molecule has 5 rings (SSSR count). The van der Waals surface area contributed by atoms with Crippen molar-refractivity contribution in [2.24, 2.45) is 0 Å². The summed E-state index contributed by atoms with van der Waals surface area (Å²) in [6, 6.07) is 11.5. The SMILES string of the molecule is CN(C)c1ccc2c(c1)C(C)(C)c1cc3c(cc1=C2)CCC[N+]=3CCCC(=O)NCCN1C(=O)C=CC1=O. The van der Waals surface area contributed by atoms with Crippen molar-refractivity contribution < 1.29 is 14.4 Å². The van der Waals surface area contributed by atoms with Crippen LogP contribution in [0.2, 0.25) is 0 Å². The molecule has 0 bridgehead atoms. The summed E-state index contributed by atoms with van der Waals surface area (Å²) in [4.78, 5) is 39.0. The van der Waals surface area contributed by atoms with E-state index in [1.807, 2.05) is 0 Å². The second-order valence-electron chi connectivity index (χ2n) is 11.2. The number of hydrogen-bond acceptors (Lipinski definition) is 4. The predicted molar refractivity (Wildman–Crippen MR) is 150 cm³/mol. The van der Waals surface area contributed by atoms with Gasteiger partial charge in [0.2, 0.25) is 11.3 Å². The van der Waals surface area contributed by atoms with Crippen LogP contribution in [0.1, 0.15) is 55.4 Å². The normalized spacial score (nSPS) is 17.1. The van der Waals surface area contributed by atoms with E-state index in [2.05, 4.69) is 79.1 Å². The number of benzene rings is 2. The monoisotopic (exact) mass is 513 g/mol. The molecule has 7 heteroatoms. The number of nitrogens with one attached hydrogen (secondary N) is 1. The minimum atomic E-state index is -0.322. The Kier molecular flexibility index (Phi) is 6.95. The van der Waals surface area contributed by atoms with Crippen molar-refractivity contribution in [1.29, 1.82) is 0 Å². The summed E-state index contributed by atoms with van der Waals surface area (Å²) in [5.74, 6) is -0.695. The summed E-state index contributed by atoms with van der Waals surface area (Å²) in [5, 5.41) is 5.45. The standard InChI is InChI=1S/C31H36N4O3/c1-31(2)25-19-24(33(3)4)10-9-21(25)17-23-18-22-7-5-14-34(27(22)20-26(23)31)15-6-8-28(36)32-13-16-35-29(37)11-12-30(35)38/h9-12,17-20H,5-8,13-16H2,1-4H3/p+1. The average molecular weight is 514 g/mol. The fraction of sp³-hybridized carbons (Fsp3) is 0.419. The quantitative estimate of drug-likeness (QED) is 0.429. The summed E-state index contributed by atoms with van der Waals surface area (Å²) in [5.41, 5.74) is 6.47. The Labute approximate surface area is 224 Å². The molecule has 0 aromatic heterocycles. The molecular weight excluding hydrogens is 476 g/mol. The molecule has 1 N–H and O–H groups in total. The number of fused-ring (bicyclic) bond motifs is 3. The van der Waals surface area contributed by atoms with Crippen LogP contribution in [-0.2, 0) is 26.2 Å². The van der Waals surface area contributed by atoms with Gasteiger partial charge in [0.05, 0.1) is 0 Å². The van der Waals surface area contributed by atoms with Crippen molar-refractivity contribution in [3.05, 3.63) is 75.3 Å². The number of carbonyl (C=O) groups excluding carboxylic acids is 3. The van der Waals surface area contributed by atoms with Crippen molar-refractivity contribution in [2.45, 2.75) is 44.9 Å². The molecule has 1 aliphatic carbocycles. The second-order valence-corrected chi connectivity index (χ2v) is 11.2. The van der Waals surface area contributed by atoms with Gasteiger partial charge < -0.3 is 10.2 Å². The number of amides is 3. The second kappa shape index (κ2) is 10.2. The lowest BCUT2D eigenvalue weighted by molar-refractivity contribution is -0.137. The van der Waals surface area contributed by atoms with Crippen molar-refractivity contribution in [3.8, 4) is 0 Å². The molecule has 2 aliphatic heterocycles. The van der Waals surface area contributed by atoms with Gasteiger partial charge in [-0.05, 0) is 52.6 Å². The van der Waals surface area contributed by atoms with Crippen LogP contribution in [0.3, 0.4) is 0 Å². The number of hydrogen-bond donors (Lipinski definition) is 1. The molecule has 7 nitrogen and oxygen atoms in total. The first-order valence-corrected chi connectivity index (χ1v) is 13.5. The molecule has 0 atom stereocenters. The van der Waals surface area contributed by atoms with Gasteiger partial charge in [-0.25, -0.2) is 4.58 Å². The van der Waals surface area contributed by atoms with Gasteiger partial charge in [-0.15, -0.1) is 0 Å². The van der Waals surface area contributed by atoms with E-state index in [0.29, 0.717) is 6.42 Å². The summed E-state index contributed by atoms with van der Waals surface area (Å²) >= 11 is 0. The third-order valence-electron chi connectivity index (χ3n) is 8.07. The first kappa shape index (κ1) is 25.9. The Morgan fingerprint density at radius 1 is 1.08 bits per heavy atom. The first-order valence-electron chi connectivity index (χ1n) is 13.5. The maximum absolute atomic E-state index is 12.4. The largest absolute Gasteiger partial charge is 0.378 e. The maximum atomic E-state index is 12.4. The van der Waals surface area contributed by atoms with Crippen LogP contribution in [0, 0.1) is 0 Å². The zero-order chi connectivity index (χ0) is 27.0. The lowest BCUT2D eigenvalue weighted by atomic mass is 9.71. The van der Waals surface area contributed by atoms with Crippen LogP contribution in [-0.4, -0.2) is 62.9 Å². The van der Waals surface area contributed by atoms with Gasteiger partial charge in [0.25, 0.3) is 11.8 Å². The van der Waals surface area contributed by atoms with Gasteiger partial charge in [0.1, 0.15) is 13.1 Å². The van der Waals surface area contributed by atoms with Gasteiger partial charge in [-0.2, -0.15) is 0 Å². The van der Waals surface area contributed by atoms with E-state index in [0.717, 1.165) is 37.3 Å². The molecule has 2 aromatic rings. The molecule has 0 unspecified atom stereocenters. The highest BCUT2D eigenvalue weighted by Gasteiger charge is 2.32. The number of anilines is 1. The lowest BCUT2D eigenvalue weighted by Crippen LogP contribution is -2.42. The molecule has 3 aliphatic rings. The van der Waals surface area contributed by atoms with Gasteiger partial charge >= 0.3 is 0 Å². The molecule has 38 heavy (non-hydrogen) atoms. The zero-order valence-corrected chi connectivity index (χ0v) is 22.8. The van der Waals surface area contributed by atoms with Crippen molar-refractivity contribution >= 4 is 29.5 Å². The molecule has 0 saturated heterocycles. The number of nitrogens with zero attached hydrogens (tertiary/aromatic N) is 3. The van der Waals surface area contributed by atoms with Crippen molar-refractivity contribution in [3.63, 3.8) is 0 Å². The van der Waals surface area contributed by atoms with Gasteiger partial charge in [0.15, 0.2) is 0 Å². The average Bonchev–Trinajstić information content (AvgIpc) is 3.20. The van der Waals surface area contributed by atoms with Gasteiger partial charge in [-0.3, -0.25) is 19.3 Å². The maximum Gasteiger partial charge on any atom is 0.253 e. The van der Waals surface area contributed by atoms with Gasteiger partial charge in [0, 0.05) is 81.3 Å². The highest BCUT2D eigenvalue weighted by molar-refractivity contribution is 6.12. The van der Waals surface area contributed by atoms with Crippen molar-refractivity contribution in [2.75, 3.05) is 45.2 Å². The summed E-state index contributed by atoms with van der Waals surface area (Å²) in [7, 11) is 4.16. The minimum Gasteiger partial charge on any atom is -0.378 e. The molecule has 2 aromatic carbocycles. The molecular formula is C31H37N4O3+. The van der Waals surface area contributed by atoms with Crippen molar-refractivity contribution in [1.82, 2.24) is 14.8 Å². The van der Waals surface area contributed by atoms with E-state index in [9.17, 15) is 14.4 Å². The van der Waals surface area contributed by atoms with E-state index in [1.165, 1.54) is 50.7 Å². The smallest absolute Gasteiger partial charge is 0.253 e. The third kappa shape index (κ3) is 4.89. The van der Waals surface area contributed by atoms with Crippen LogP contribution in [0.4, 0.5) is 5.69 Å². The highest BCUT2D eigenvalue weighted by Crippen LogP contribution is 2.36. The summed E-state index contributed by atoms with van der Waals surface area (Å²) in [6.45, 7) is 6.93. The van der Waals surface area contributed by atoms with E-state index < -0.39 is 0 Å². The zero-order valence-electron chi connectivity index (χ0n) is 22.8. The summed E-state index contributed by atoms with van der Waals surface area (Å²) in [6.07, 6.45) is 8.19. The first-order chi connectivity index (χ1) is 18.1. The molecule has 0 saturated carbocycles. The minimum absolute atomic E-state index is 0.0521. The third-order valence-corrected chi connectivity index (χ3v) is 8.07. The lowest BCUT2D eigenvalue weighted by Gasteiger charge is -2.33. The van der Waals surface area contributed by atoms with Crippen LogP contribution in [0.25, 0.3) is 6.08 Å². The number of carbonyl (C=O) groups is 3. The Hall–Kier alpha value is -3.74. The van der Waals surface area contributed by atoms with Crippen LogP contribution in [0.15, 0.2) is 42.5 Å². The topological polar surface area (TPSA) is 72.7 Å².